The number of H-pyrrole nitrogens is 2. The van der Waals surface area contributed by atoms with E-state index in [0.717, 1.165) is 12.8 Å². The molecule has 0 bridgehead atoms. The highest BCUT2D eigenvalue weighted by atomic mass is 32.2. The van der Waals surface area contributed by atoms with Gasteiger partial charge in [-0.25, -0.2) is 13.2 Å². The summed E-state index contributed by atoms with van der Waals surface area (Å²) in [5.74, 6) is -0.565. The van der Waals surface area contributed by atoms with E-state index in [2.05, 4.69) is 9.97 Å². The van der Waals surface area contributed by atoms with Crippen LogP contribution in [0.4, 0.5) is 0 Å². The molecule has 2 aromatic heterocycles. The highest BCUT2D eigenvalue weighted by Crippen LogP contribution is 2.34. The van der Waals surface area contributed by atoms with Crippen LogP contribution in [0.5, 0.6) is 0 Å². The second-order valence-electron chi connectivity index (χ2n) is 8.03. The number of hydrogen-bond acceptors (Lipinski definition) is 6. The first-order valence-electron chi connectivity index (χ1n) is 10.4. The van der Waals surface area contributed by atoms with Gasteiger partial charge in [-0.15, -0.1) is 0 Å². The van der Waals surface area contributed by atoms with Crippen LogP contribution in [-0.4, -0.2) is 53.9 Å². The van der Waals surface area contributed by atoms with Crippen LogP contribution in [-0.2, 0) is 14.8 Å². The quantitative estimate of drug-likeness (QED) is 0.453. The maximum atomic E-state index is 13.4. The van der Waals surface area contributed by atoms with Crippen molar-refractivity contribution in [1.82, 2.24) is 14.3 Å². The molecule has 9 nitrogen and oxygen atoms in total. The molecule has 2 heterocycles. The highest BCUT2D eigenvalue weighted by molar-refractivity contribution is 7.89. The van der Waals surface area contributed by atoms with Crippen molar-refractivity contribution >= 4 is 37.8 Å². The normalized spacial score (nSPS) is 15.6. The van der Waals surface area contributed by atoms with Crippen LogP contribution in [0.1, 0.15) is 43.5 Å². The van der Waals surface area contributed by atoms with Crippen LogP contribution < -0.4 is 11.3 Å². The Kier molecular flexibility index (Phi) is 5.63. The molecule has 1 aliphatic rings. The number of carbonyl (C=O) groups is 1. The number of aromatic nitrogens is 2. The van der Waals surface area contributed by atoms with Gasteiger partial charge in [0, 0.05) is 41.1 Å². The fourth-order valence-electron chi connectivity index (χ4n) is 3.73. The Labute approximate surface area is 179 Å². The molecule has 0 amide bonds. The predicted molar refractivity (Wildman–Crippen MR) is 118 cm³/mol. The Balaban J connectivity index is 1.89. The lowest BCUT2D eigenvalue weighted by molar-refractivity contribution is 0.0507. The fourth-order valence-corrected chi connectivity index (χ4v) is 5.54. The van der Waals surface area contributed by atoms with Crippen molar-refractivity contribution in [2.75, 3.05) is 13.2 Å². The third-order valence-electron chi connectivity index (χ3n) is 5.30. The van der Waals surface area contributed by atoms with Crippen LogP contribution in [0.3, 0.4) is 0 Å². The number of benzene rings is 1. The summed E-state index contributed by atoms with van der Waals surface area (Å²) >= 11 is 0. The number of aromatic amines is 2. The fraction of sp³-hybridized carbons (Fsp3) is 0.429. The van der Waals surface area contributed by atoms with E-state index in [1.54, 1.807) is 13.0 Å². The summed E-state index contributed by atoms with van der Waals surface area (Å²) in [6.45, 7) is 4.13. The highest BCUT2D eigenvalue weighted by Gasteiger charge is 2.38. The largest absolute Gasteiger partial charge is 0.462 e. The van der Waals surface area contributed by atoms with Gasteiger partial charge in [0.15, 0.2) is 0 Å². The Bertz CT molecular complexity index is 1300. The van der Waals surface area contributed by atoms with E-state index >= 15 is 0 Å². The first-order chi connectivity index (χ1) is 14.7. The van der Waals surface area contributed by atoms with Crippen LogP contribution >= 0.6 is 0 Å². The van der Waals surface area contributed by atoms with Gasteiger partial charge in [0.2, 0.25) is 10.0 Å². The molecule has 0 radical (unpaired) electrons. The van der Waals surface area contributed by atoms with Crippen molar-refractivity contribution in [2.24, 2.45) is 5.73 Å². The minimum Gasteiger partial charge on any atom is -0.462 e. The molecule has 4 N–H and O–H groups in total. The zero-order valence-corrected chi connectivity index (χ0v) is 18.3. The second kappa shape index (κ2) is 8.10. The Hall–Kier alpha value is -2.69. The van der Waals surface area contributed by atoms with Crippen LogP contribution in [0.15, 0.2) is 34.1 Å². The summed E-state index contributed by atoms with van der Waals surface area (Å²) in [4.78, 5) is 30.7. The van der Waals surface area contributed by atoms with Gasteiger partial charge in [-0.05, 0) is 44.4 Å². The van der Waals surface area contributed by atoms with Crippen molar-refractivity contribution in [2.45, 2.75) is 50.1 Å². The molecule has 0 spiro atoms. The van der Waals surface area contributed by atoms with E-state index in [1.165, 1.54) is 22.6 Å². The lowest BCUT2D eigenvalue weighted by Gasteiger charge is -2.23. The minimum absolute atomic E-state index is 0.0471. The molecule has 3 aromatic rings. The van der Waals surface area contributed by atoms with Gasteiger partial charge >= 0.3 is 5.97 Å². The Morgan fingerprint density at radius 1 is 1.35 bits per heavy atom. The number of nitrogens with two attached hydrogens (primary N) is 1. The molecule has 0 saturated heterocycles. The number of rotatable bonds is 8. The van der Waals surface area contributed by atoms with Gasteiger partial charge in [-0.2, -0.15) is 4.31 Å². The number of nitrogens with zero attached hydrogens (tertiary/aromatic N) is 1. The summed E-state index contributed by atoms with van der Waals surface area (Å²) in [6, 6.07) is 4.17. The zero-order chi connectivity index (χ0) is 22.3. The van der Waals surface area contributed by atoms with Gasteiger partial charge in [0.25, 0.3) is 5.56 Å². The van der Waals surface area contributed by atoms with Crippen molar-refractivity contribution in [3.63, 3.8) is 0 Å². The summed E-state index contributed by atoms with van der Waals surface area (Å²) in [5, 5.41) is 0.805. The third-order valence-corrected chi connectivity index (χ3v) is 7.22. The first-order valence-corrected chi connectivity index (χ1v) is 11.8. The Morgan fingerprint density at radius 2 is 2.10 bits per heavy atom. The molecule has 4 rings (SSSR count). The van der Waals surface area contributed by atoms with Crippen LogP contribution in [0, 0.1) is 0 Å². The lowest BCUT2D eigenvalue weighted by Crippen LogP contribution is -2.41. The molecule has 0 aliphatic heterocycles. The predicted octanol–water partition coefficient (Wildman–Crippen LogP) is 2.08. The van der Waals surface area contributed by atoms with Gasteiger partial charge in [0.1, 0.15) is 5.52 Å². The molecule has 1 aliphatic carbocycles. The maximum Gasteiger partial charge on any atom is 0.340 e. The van der Waals surface area contributed by atoms with E-state index < -0.39 is 21.6 Å². The van der Waals surface area contributed by atoms with E-state index in [9.17, 15) is 18.0 Å². The van der Waals surface area contributed by atoms with Gasteiger partial charge in [-0.3, -0.25) is 4.79 Å². The molecule has 166 valence electrons. The molecule has 1 fully saturated rings. The van der Waals surface area contributed by atoms with Gasteiger partial charge in [-0.1, -0.05) is 6.92 Å². The molecule has 1 aromatic carbocycles. The van der Waals surface area contributed by atoms with E-state index in [1.807, 2.05) is 6.92 Å². The van der Waals surface area contributed by atoms with E-state index in [-0.39, 0.29) is 41.2 Å². The van der Waals surface area contributed by atoms with Gasteiger partial charge < -0.3 is 20.4 Å². The number of hydrogen-bond donors (Lipinski definition) is 3. The monoisotopic (exact) mass is 446 g/mol. The first kappa shape index (κ1) is 21.5. The molecule has 1 unspecified atom stereocenters. The SMILES string of the molecule is CCCOC(=O)c1c[nH]c2c(=O)[nH]c3ccc(S(=O)(=O)N(CC(C)N)C4CC4)cc3c12. The number of esters is 1. The summed E-state index contributed by atoms with van der Waals surface area (Å²) in [7, 11) is -3.80. The Morgan fingerprint density at radius 3 is 2.74 bits per heavy atom. The lowest BCUT2D eigenvalue weighted by atomic mass is 10.1. The molecular weight excluding hydrogens is 420 g/mol. The third kappa shape index (κ3) is 3.98. The number of sulfonamides is 1. The molecular formula is C21H26N4O5S. The van der Waals surface area contributed by atoms with Gasteiger partial charge in [0.05, 0.1) is 17.1 Å². The number of fused-ring (bicyclic) bond motifs is 3. The molecule has 31 heavy (non-hydrogen) atoms. The smallest absolute Gasteiger partial charge is 0.340 e. The second-order valence-corrected chi connectivity index (χ2v) is 9.92. The molecule has 10 heteroatoms. The topological polar surface area (TPSA) is 138 Å². The molecule has 1 saturated carbocycles. The average Bonchev–Trinajstić information content (AvgIpc) is 3.46. The zero-order valence-electron chi connectivity index (χ0n) is 17.5. The van der Waals surface area contributed by atoms with Crippen LogP contribution in [0.2, 0.25) is 0 Å². The van der Waals surface area contributed by atoms with Crippen molar-refractivity contribution in [3.05, 3.63) is 40.3 Å². The summed E-state index contributed by atoms with van der Waals surface area (Å²) < 4.78 is 33.5. The van der Waals surface area contributed by atoms with Crippen molar-refractivity contribution < 1.29 is 17.9 Å². The maximum absolute atomic E-state index is 13.4. The summed E-state index contributed by atoms with van der Waals surface area (Å²) in [6.07, 6.45) is 3.70. The summed E-state index contributed by atoms with van der Waals surface area (Å²) in [5.41, 5.74) is 6.32. The number of nitrogens with one attached hydrogen (secondary N) is 2. The van der Waals surface area contributed by atoms with E-state index in [4.69, 9.17) is 10.5 Å². The number of ether oxygens (including phenoxy) is 1. The molecule has 1 atom stereocenters. The average molecular weight is 447 g/mol. The van der Waals surface area contributed by atoms with Crippen LogP contribution in [0.25, 0.3) is 21.8 Å². The number of pyridine rings is 1. The standard InChI is InChI=1S/C21H26N4O5S/c1-3-8-30-21(27)16-10-23-19-18(16)15-9-14(6-7-17(15)24-20(19)26)31(28,29)25(11-12(2)22)13-4-5-13/h6-7,9-10,12-13,23H,3-5,8,11,22H2,1-2H3,(H,24,26). The van der Waals surface area contributed by atoms with Crippen molar-refractivity contribution in [1.29, 1.82) is 0 Å². The van der Waals surface area contributed by atoms with E-state index in [0.29, 0.717) is 22.7 Å². The van der Waals surface area contributed by atoms with Crippen molar-refractivity contribution in [3.8, 4) is 0 Å². The number of carbonyl (C=O) groups excluding carboxylic acids is 1. The minimum atomic E-state index is -3.80.